The van der Waals surface area contributed by atoms with E-state index in [0.29, 0.717) is 30.2 Å². The molecule has 4 N–H and O–H groups in total. The molecule has 0 heterocycles. The topological polar surface area (TPSA) is 120 Å². The van der Waals surface area contributed by atoms with Crippen molar-refractivity contribution in [1.29, 1.82) is 0 Å². The number of nitrogens with two attached hydrogens (primary N) is 1. The summed E-state index contributed by atoms with van der Waals surface area (Å²) in [4.78, 5) is -0.166. The van der Waals surface area contributed by atoms with Gasteiger partial charge < -0.3 is 24.6 Å². The van der Waals surface area contributed by atoms with Crippen molar-refractivity contribution >= 4 is 22.4 Å². The second kappa shape index (κ2) is 11.1. The molecule has 2 aromatic carbocycles. The van der Waals surface area contributed by atoms with Crippen LogP contribution >= 0.6 is 12.4 Å². The third kappa shape index (κ3) is 6.54. The third-order valence-electron chi connectivity index (χ3n) is 3.82. The Morgan fingerprint density at radius 1 is 1.07 bits per heavy atom. The standard InChI is InChI=1S/C18H24N2O6S.ClH/c1-24-15-5-3-4-6-16(15)26-10-9-20-12-14(21)13-7-8-17(25-2)18(11-13)27(19,22)23;/h3-8,11,14,20-21H,9-10,12H2,1-2H3,(H2,19,22,23);1H. The lowest BCUT2D eigenvalue weighted by Crippen LogP contribution is -2.26. The van der Waals surface area contributed by atoms with Gasteiger partial charge in [0.1, 0.15) is 17.3 Å². The van der Waals surface area contributed by atoms with Crippen LogP contribution in [-0.4, -0.2) is 47.4 Å². The van der Waals surface area contributed by atoms with E-state index in [0.717, 1.165) is 0 Å². The lowest BCUT2D eigenvalue weighted by Gasteiger charge is -2.15. The number of para-hydroxylation sites is 2. The number of nitrogens with one attached hydrogen (secondary N) is 1. The van der Waals surface area contributed by atoms with E-state index >= 15 is 0 Å². The number of rotatable bonds is 10. The number of halogens is 1. The quantitative estimate of drug-likeness (QED) is 0.486. The number of sulfonamides is 1. The van der Waals surface area contributed by atoms with Crippen molar-refractivity contribution in [3.8, 4) is 17.2 Å². The number of hydrogen-bond donors (Lipinski definition) is 3. The second-order valence-electron chi connectivity index (χ2n) is 5.67. The molecule has 8 nitrogen and oxygen atoms in total. The van der Waals surface area contributed by atoms with E-state index in [9.17, 15) is 13.5 Å². The van der Waals surface area contributed by atoms with Crippen molar-refractivity contribution in [1.82, 2.24) is 5.32 Å². The highest BCUT2D eigenvalue weighted by atomic mass is 35.5. The maximum absolute atomic E-state index is 11.6. The number of hydrogen-bond acceptors (Lipinski definition) is 7. The summed E-state index contributed by atoms with van der Waals surface area (Å²) in [5.41, 5.74) is 0.415. The first kappa shape index (κ1) is 24.0. The molecule has 0 saturated carbocycles. The van der Waals surface area contributed by atoms with E-state index in [1.807, 2.05) is 12.1 Å². The van der Waals surface area contributed by atoms with Gasteiger partial charge in [-0.05, 0) is 29.8 Å². The van der Waals surface area contributed by atoms with E-state index < -0.39 is 16.1 Å². The summed E-state index contributed by atoms with van der Waals surface area (Å²) in [6.45, 7) is 1.07. The van der Waals surface area contributed by atoms with Crippen LogP contribution in [0.25, 0.3) is 0 Å². The monoisotopic (exact) mass is 432 g/mol. The summed E-state index contributed by atoms with van der Waals surface area (Å²) < 4.78 is 39.1. The number of aliphatic hydroxyl groups excluding tert-OH is 1. The molecule has 0 bridgehead atoms. The Kier molecular flexibility index (Phi) is 9.50. The van der Waals surface area contributed by atoms with Crippen LogP contribution in [0.3, 0.4) is 0 Å². The fourth-order valence-corrected chi connectivity index (χ4v) is 3.18. The number of methoxy groups -OCH3 is 2. The Morgan fingerprint density at radius 2 is 1.71 bits per heavy atom. The lowest BCUT2D eigenvalue weighted by atomic mass is 10.1. The molecule has 0 aromatic heterocycles. The summed E-state index contributed by atoms with van der Waals surface area (Å²) >= 11 is 0. The molecule has 2 rings (SSSR count). The Morgan fingerprint density at radius 3 is 2.32 bits per heavy atom. The molecule has 0 aliphatic rings. The molecule has 1 atom stereocenters. The van der Waals surface area contributed by atoms with Gasteiger partial charge in [-0.25, -0.2) is 13.6 Å². The first-order valence-corrected chi connectivity index (χ1v) is 9.76. The highest BCUT2D eigenvalue weighted by Crippen LogP contribution is 2.27. The molecule has 10 heteroatoms. The van der Waals surface area contributed by atoms with Gasteiger partial charge in [0.15, 0.2) is 11.5 Å². The fraction of sp³-hybridized carbons (Fsp3) is 0.333. The summed E-state index contributed by atoms with van der Waals surface area (Å²) in [5, 5.41) is 18.5. The third-order valence-corrected chi connectivity index (χ3v) is 4.75. The second-order valence-corrected chi connectivity index (χ2v) is 7.20. The van der Waals surface area contributed by atoms with Crippen LogP contribution in [-0.2, 0) is 10.0 Å². The molecule has 0 fully saturated rings. The van der Waals surface area contributed by atoms with Gasteiger partial charge in [-0.2, -0.15) is 0 Å². The van der Waals surface area contributed by atoms with Gasteiger partial charge in [-0.1, -0.05) is 18.2 Å². The van der Waals surface area contributed by atoms with Crippen LogP contribution in [0.2, 0.25) is 0 Å². The summed E-state index contributed by atoms with van der Waals surface area (Å²) in [5.74, 6) is 1.41. The van der Waals surface area contributed by atoms with Crippen molar-refractivity contribution in [3.63, 3.8) is 0 Å². The van der Waals surface area contributed by atoms with Gasteiger partial charge in [0.05, 0.1) is 20.3 Å². The summed E-state index contributed by atoms with van der Waals surface area (Å²) in [6.07, 6.45) is -0.914. The zero-order valence-corrected chi connectivity index (χ0v) is 17.3. The van der Waals surface area contributed by atoms with Gasteiger partial charge in [-0.15, -0.1) is 12.4 Å². The molecule has 156 valence electrons. The first-order chi connectivity index (χ1) is 12.9. The van der Waals surface area contributed by atoms with Crippen molar-refractivity contribution in [3.05, 3.63) is 48.0 Å². The minimum atomic E-state index is -3.96. The predicted octanol–water partition coefficient (Wildman–Crippen LogP) is 1.47. The van der Waals surface area contributed by atoms with Crippen LogP contribution in [0.1, 0.15) is 11.7 Å². The van der Waals surface area contributed by atoms with E-state index in [-0.39, 0.29) is 29.6 Å². The predicted molar refractivity (Wildman–Crippen MR) is 108 cm³/mol. The van der Waals surface area contributed by atoms with Crippen molar-refractivity contribution < 1.29 is 27.7 Å². The van der Waals surface area contributed by atoms with Crippen molar-refractivity contribution in [2.75, 3.05) is 33.9 Å². The molecule has 0 radical (unpaired) electrons. The van der Waals surface area contributed by atoms with Crippen LogP contribution in [0.4, 0.5) is 0 Å². The zero-order chi connectivity index (χ0) is 19.9. The van der Waals surface area contributed by atoms with Gasteiger partial charge in [0.2, 0.25) is 10.0 Å². The highest BCUT2D eigenvalue weighted by Gasteiger charge is 2.18. The molecule has 2 aromatic rings. The van der Waals surface area contributed by atoms with Gasteiger partial charge in [0, 0.05) is 13.1 Å². The lowest BCUT2D eigenvalue weighted by molar-refractivity contribution is 0.171. The maximum atomic E-state index is 11.6. The van der Waals surface area contributed by atoms with Gasteiger partial charge in [0.25, 0.3) is 0 Å². The maximum Gasteiger partial charge on any atom is 0.241 e. The normalized spacial score (nSPS) is 12.0. The number of ether oxygens (including phenoxy) is 3. The Balaban J connectivity index is 0.00000392. The smallest absolute Gasteiger partial charge is 0.241 e. The Labute approximate surface area is 171 Å². The van der Waals surface area contributed by atoms with Crippen LogP contribution in [0, 0.1) is 0 Å². The van der Waals surface area contributed by atoms with Gasteiger partial charge in [-0.3, -0.25) is 0 Å². The summed E-state index contributed by atoms with van der Waals surface area (Å²) in [6, 6.07) is 11.7. The minimum absolute atomic E-state index is 0. The first-order valence-electron chi connectivity index (χ1n) is 8.22. The Hall–Kier alpha value is -2.04. The molecule has 28 heavy (non-hydrogen) atoms. The van der Waals surface area contributed by atoms with E-state index in [4.69, 9.17) is 19.3 Å². The SMILES string of the molecule is COc1ccccc1OCCNCC(O)c1ccc(OC)c(S(N)(=O)=O)c1.Cl. The molecule has 0 spiro atoms. The molecule has 1 unspecified atom stereocenters. The van der Waals surface area contributed by atoms with Crippen molar-refractivity contribution in [2.24, 2.45) is 5.14 Å². The fourth-order valence-electron chi connectivity index (χ4n) is 2.45. The van der Waals surface area contributed by atoms with E-state index in [1.165, 1.54) is 19.2 Å². The number of benzene rings is 2. The zero-order valence-electron chi connectivity index (χ0n) is 15.6. The molecular weight excluding hydrogens is 408 g/mol. The van der Waals surface area contributed by atoms with Gasteiger partial charge >= 0.3 is 0 Å². The van der Waals surface area contributed by atoms with Crippen LogP contribution in [0.15, 0.2) is 47.4 Å². The van der Waals surface area contributed by atoms with E-state index in [1.54, 1.807) is 25.3 Å². The van der Waals surface area contributed by atoms with E-state index in [2.05, 4.69) is 5.32 Å². The molecule has 0 amide bonds. The van der Waals surface area contributed by atoms with Crippen LogP contribution < -0.4 is 24.7 Å². The van der Waals surface area contributed by atoms with Crippen molar-refractivity contribution in [2.45, 2.75) is 11.0 Å². The molecule has 0 aliphatic heterocycles. The largest absolute Gasteiger partial charge is 0.495 e. The Bertz CT molecular complexity index is 863. The number of primary sulfonamides is 1. The number of aliphatic hydroxyl groups is 1. The average Bonchev–Trinajstić information content (AvgIpc) is 2.66. The summed E-state index contributed by atoms with van der Waals surface area (Å²) in [7, 11) is -1.03. The molecular formula is C18H25ClN2O6S. The molecule has 0 aliphatic carbocycles. The highest BCUT2D eigenvalue weighted by molar-refractivity contribution is 7.89. The van der Waals surface area contributed by atoms with Crippen LogP contribution in [0.5, 0.6) is 17.2 Å². The minimum Gasteiger partial charge on any atom is -0.495 e. The average molecular weight is 433 g/mol. The molecule has 0 saturated heterocycles.